The molecule has 0 bridgehead atoms. The fraction of sp³-hybridized carbons (Fsp3) is 0.909. The summed E-state index contributed by atoms with van der Waals surface area (Å²) in [5.74, 6) is 0.188. The Balaban J connectivity index is 1.74. The van der Waals surface area contributed by atoms with Gasteiger partial charge >= 0.3 is 0 Å². The minimum absolute atomic E-state index is 0.0561. The predicted octanol–water partition coefficient (Wildman–Crippen LogP) is 0.124. The number of rotatable bonds is 2. The molecule has 1 amide bonds. The highest BCUT2D eigenvalue weighted by molar-refractivity contribution is 5.82. The zero-order valence-electron chi connectivity index (χ0n) is 9.17. The van der Waals surface area contributed by atoms with Crippen LogP contribution < -0.4 is 16.4 Å². The lowest BCUT2D eigenvalue weighted by molar-refractivity contribution is -0.123. The Morgan fingerprint density at radius 2 is 1.93 bits per heavy atom. The van der Waals surface area contributed by atoms with E-state index in [1.165, 1.54) is 0 Å². The maximum absolute atomic E-state index is 11.8. The highest BCUT2D eigenvalue weighted by atomic mass is 16.2. The van der Waals surface area contributed by atoms with Gasteiger partial charge < -0.3 is 16.4 Å². The molecule has 1 unspecified atom stereocenters. The number of hydrogen-bond donors (Lipinski definition) is 3. The van der Waals surface area contributed by atoms with Crippen molar-refractivity contribution in [3.05, 3.63) is 0 Å². The summed E-state index contributed by atoms with van der Waals surface area (Å²) in [5.41, 5.74) is 5.82. The molecule has 0 spiro atoms. The molecule has 4 heteroatoms. The lowest BCUT2D eigenvalue weighted by Gasteiger charge is -2.27. The van der Waals surface area contributed by atoms with Crippen LogP contribution in [0, 0.1) is 0 Å². The third kappa shape index (κ3) is 2.92. The van der Waals surface area contributed by atoms with Crippen molar-refractivity contribution in [2.45, 2.75) is 56.7 Å². The van der Waals surface area contributed by atoms with Crippen LogP contribution in [0.1, 0.15) is 38.5 Å². The quantitative estimate of drug-likeness (QED) is 0.608. The van der Waals surface area contributed by atoms with Gasteiger partial charge in [-0.3, -0.25) is 4.79 Å². The summed E-state index contributed by atoms with van der Waals surface area (Å²) >= 11 is 0. The number of hydrogen-bond acceptors (Lipinski definition) is 3. The summed E-state index contributed by atoms with van der Waals surface area (Å²) in [5, 5.41) is 6.34. The Hall–Kier alpha value is -0.610. The van der Waals surface area contributed by atoms with Gasteiger partial charge in [-0.1, -0.05) is 0 Å². The van der Waals surface area contributed by atoms with E-state index in [1.807, 2.05) is 0 Å². The van der Waals surface area contributed by atoms with Gasteiger partial charge in [-0.05, 0) is 45.1 Å². The van der Waals surface area contributed by atoms with E-state index in [0.717, 1.165) is 45.1 Å². The van der Waals surface area contributed by atoms with Crippen molar-refractivity contribution in [1.29, 1.82) is 0 Å². The third-order valence-corrected chi connectivity index (χ3v) is 3.50. The van der Waals surface area contributed by atoms with Crippen molar-refractivity contribution >= 4 is 5.91 Å². The predicted molar refractivity (Wildman–Crippen MR) is 59.4 cm³/mol. The minimum Gasteiger partial charge on any atom is -0.352 e. The van der Waals surface area contributed by atoms with Crippen LogP contribution in [0.5, 0.6) is 0 Å². The van der Waals surface area contributed by atoms with Gasteiger partial charge in [0.1, 0.15) is 0 Å². The average molecular weight is 211 g/mol. The van der Waals surface area contributed by atoms with E-state index in [-0.39, 0.29) is 11.9 Å². The van der Waals surface area contributed by atoms with Crippen LogP contribution in [0.2, 0.25) is 0 Å². The van der Waals surface area contributed by atoms with Gasteiger partial charge in [0.05, 0.1) is 6.04 Å². The fourth-order valence-electron chi connectivity index (χ4n) is 2.47. The van der Waals surface area contributed by atoms with Gasteiger partial charge in [-0.25, -0.2) is 0 Å². The lowest BCUT2D eigenvalue weighted by Crippen LogP contribution is -2.47. The van der Waals surface area contributed by atoms with E-state index >= 15 is 0 Å². The first-order chi connectivity index (χ1) is 7.25. The largest absolute Gasteiger partial charge is 0.352 e. The first-order valence-electron chi connectivity index (χ1n) is 6.05. The van der Waals surface area contributed by atoms with E-state index in [9.17, 15) is 4.79 Å². The molecule has 2 fully saturated rings. The Kier molecular flexibility index (Phi) is 3.59. The zero-order valence-corrected chi connectivity index (χ0v) is 9.17. The Morgan fingerprint density at radius 1 is 1.20 bits per heavy atom. The molecule has 2 rings (SSSR count). The first-order valence-corrected chi connectivity index (χ1v) is 6.05. The number of carbonyl (C=O) groups excluding carboxylic acids is 1. The molecule has 0 aromatic heterocycles. The maximum atomic E-state index is 11.8. The molecular weight excluding hydrogens is 190 g/mol. The molecule has 0 aromatic carbocycles. The van der Waals surface area contributed by atoms with Crippen molar-refractivity contribution < 1.29 is 4.79 Å². The van der Waals surface area contributed by atoms with Gasteiger partial charge in [0.2, 0.25) is 5.91 Å². The molecule has 4 N–H and O–H groups in total. The average Bonchev–Trinajstić information content (AvgIpc) is 2.74. The second kappa shape index (κ2) is 4.94. The lowest BCUT2D eigenvalue weighted by atomic mass is 9.91. The topological polar surface area (TPSA) is 67.1 Å². The molecule has 86 valence electrons. The number of nitrogens with one attached hydrogen (secondary N) is 2. The number of amides is 1. The molecular formula is C11H21N3O. The van der Waals surface area contributed by atoms with Crippen LogP contribution in [0.25, 0.3) is 0 Å². The van der Waals surface area contributed by atoms with Crippen LogP contribution in [-0.2, 0) is 4.79 Å². The van der Waals surface area contributed by atoms with Crippen LogP contribution in [-0.4, -0.2) is 30.6 Å². The van der Waals surface area contributed by atoms with Crippen molar-refractivity contribution in [2.75, 3.05) is 6.54 Å². The standard InChI is InChI=1S/C11H21N3O/c12-8-3-5-9(6-4-8)14-11(15)10-2-1-7-13-10/h8-10,13H,1-7,12H2,(H,14,15). The van der Waals surface area contributed by atoms with Crippen LogP contribution in [0.15, 0.2) is 0 Å². The highest BCUT2D eigenvalue weighted by Crippen LogP contribution is 2.17. The second-order valence-corrected chi connectivity index (χ2v) is 4.77. The van der Waals surface area contributed by atoms with Gasteiger partial charge in [0.15, 0.2) is 0 Å². The normalized spacial score (nSPS) is 36.5. The van der Waals surface area contributed by atoms with Crippen molar-refractivity contribution in [1.82, 2.24) is 10.6 Å². The molecule has 1 atom stereocenters. The second-order valence-electron chi connectivity index (χ2n) is 4.77. The summed E-state index contributed by atoms with van der Waals surface area (Å²) in [7, 11) is 0. The third-order valence-electron chi connectivity index (χ3n) is 3.50. The zero-order chi connectivity index (χ0) is 10.7. The molecule has 0 radical (unpaired) electrons. The molecule has 0 aromatic rings. The summed E-state index contributed by atoms with van der Waals surface area (Å²) in [6.45, 7) is 0.980. The Bertz CT molecular complexity index is 218. The van der Waals surface area contributed by atoms with E-state index in [2.05, 4.69) is 10.6 Å². The maximum Gasteiger partial charge on any atom is 0.237 e. The Labute approximate surface area is 91.0 Å². The van der Waals surface area contributed by atoms with E-state index in [0.29, 0.717) is 12.1 Å². The molecule has 1 aliphatic carbocycles. The number of carbonyl (C=O) groups is 1. The van der Waals surface area contributed by atoms with Gasteiger partial charge in [0.25, 0.3) is 0 Å². The monoisotopic (exact) mass is 211 g/mol. The summed E-state index contributed by atoms with van der Waals surface area (Å²) in [6, 6.07) is 0.767. The van der Waals surface area contributed by atoms with Crippen molar-refractivity contribution in [3.8, 4) is 0 Å². The van der Waals surface area contributed by atoms with Crippen molar-refractivity contribution in [2.24, 2.45) is 5.73 Å². The molecule has 2 aliphatic rings. The van der Waals surface area contributed by atoms with Gasteiger partial charge in [-0.15, -0.1) is 0 Å². The smallest absolute Gasteiger partial charge is 0.237 e. The highest BCUT2D eigenvalue weighted by Gasteiger charge is 2.25. The van der Waals surface area contributed by atoms with Crippen LogP contribution >= 0.6 is 0 Å². The van der Waals surface area contributed by atoms with E-state index in [1.54, 1.807) is 0 Å². The summed E-state index contributed by atoms with van der Waals surface area (Å²) in [4.78, 5) is 11.8. The molecule has 1 saturated heterocycles. The van der Waals surface area contributed by atoms with E-state index < -0.39 is 0 Å². The first kappa shape index (κ1) is 10.9. The Morgan fingerprint density at radius 3 is 2.53 bits per heavy atom. The van der Waals surface area contributed by atoms with Crippen LogP contribution in [0.4, 0.5) is 0 Å². The molecule has 15 heavy (non-hydrogen) atoms. The summed E-state index contributed by atoms with van der Waals surface area (Å²) in [6.07, 6.45) is 6.27. The van der Waals surface area contributed by atoms with Gasteiger partial charge in [-0.2, -0.15) is 0 Å². The number of nitrogens with two attached hydrogens (primary N) is 1. The summed E-state index contributed by atoms with van der Waals surface area (Å²) < 4.78 is 0. The molecule has 4 nitrogen and oxygen atoms in total. The van der Waals surface area contributed by atoms with Gasteiger partial charge in [0, 0.05) is 12.1 Å². The SMILES string of the molecule is NC1CCC(NC(=O)C2CCCN2)CC1. The molecule has 1 heterocycles. The van der Waals surface area contributed by atoms with Crippen molar-refractivity contribution in [3.63, 3.8) is 0 Å². The van der Waals surface area contributed by atoms with Crippen LogP contribution in [0.3, 0.4) is 0 Å². The molecule has 1 aliphatic heterocycles. The molecule has 1 saturated carbocycles. The fourth-order valence-corrected chi connectivity index (χ4v) is 2.47. The van der Waals surface area contributed by atoms with E-state index in [4.69, 9.17) is 5.73 Å². The minimum atomic E-state index is 0.0561.